The van der Waals surface area contributed by atoms with Gasteiger partial charge in [-0.1, -0.05) is 29.0 Å². The monoisotopic (exact) mass is 612 g/mol. The van der Waals surface area contributed by atoms with Crippen LogP contribution in [-0.2, 0) is 4.79 Å². The van der Waals surface area contributed by atoms with Crippen molar-refractivity contribution in [3.63, 3.8) is 0 Å². The average Bonchev–Trinajstić information content (AvgIpc) is 3.16. The molecule has 14 heteroatoms. The molecule has 7 nitrogen and oxygen atoms in total. The van der Waals surface area contributed by atoms with Crippen LogP contribution in [0.3, 0.4) is 0 Å². The molecule has 0 saturated heterocycles. The van der Waals surface area contributed by atoms with Crippen molar-refractivity contribution in [2.24, 2.45) is 5.92 Å². The standard InChI is InChI=1S/C23H23ClF2N6OS.3ClH/c1-31(2)6-7-32(3)21-19(26)18(24)17(13-10-27-30-20(13)21)11-4-5-15-16(8-11)34-23(28-15)29-22(33)12-9-14(12)25;;;/h4-5,8,10,12,14H,6-7,9H2,1-3H3,(H,27,30)(H,28,29,33);3*1H/t12-,14+;;;/m1.../s1. The number of hydrogen-bond acceptors (Lipinski definition) is 6. The molecule has 2 aromatic carbocycles. The highest BCUT2D eigenvalue weighted by Crippen LogP contribution is 2.43. The lowest BCUT2D eigenvalue weighted by atomic mass is 10.00. The van der Waals surface area contributed by atoms with E-state index in [1.807, 2.05) is 43.1 Å². The van der Waals surface area contributed by atoms with E-state index in [0.29, 0.717) is 44.9 Å². The van der Waals surface area contributed by atoms with Crippen LogP contribution in [0.5, 0.6) is 0 Å². The summed E-state index contributed by atoms with van der Waals surface area (Å²) in [4.78, 5) is 20.3. The Hall–Kier alpha value is -1.95. The number of alkyl halides is 1. The summed E-state index contributed by atoms with van der Waals surface area (Å²) < 4.78 is 29.5. The number of amides is 1. The third-order valence-corrected chi connectivity index (χ3v) is 7.28. The SMILES string of the molecule is CN(C)CCN(C)c1c(F)c(Cl)c(-c2ccc3nc(NC(=O)[C@@H]4C[C@@H]4F)sc3c2)c2cn[nH]c12.Cl.Cl.Cl. The molecule has 0 bridgehead atoms. The number of H-pyrrole nitrogens is 1. The highest BCUT2D eigenvalue weighted by Gasteiger charge is 2.43. The minimum atomic E-state index is -1.07. The Kier molecular flexibility index (Phi) is 10.4. The van der Waals surface area contributed by atoms with Gasteiger partial charge in [0.15, 0.2) is 10.9 Å². The molecular weight excluding hydrogens is 588 g/mol. The predicted molar refractivity (Wildman–Crippen MR) is 155 cm³/mol. The van der Waals surface area contributed by atoms with Crippen LogP contribution in [0.1, 0.15) is 6.42 Å². The molecule has 5 rings (SSSR count). The summed E-state index contributed by atoms with van der Waals surface area (Å²) in [5, 5.41) is 10.9. The van der Waals surface area contributed by atoms with E-state index in [-0.39, 0.29) is 54.6 Å². The van der Waals surface area contributed by atoms with E-state index in [1.165, 1.54) is 11.3 Å². The first kappa shape index (κ1) is 31.3. The lowest BCUT2D eigenvalue weighted by Crippen LogP contribution is -2.29. The number of carbonyl (C=O) groups excluding carboxylic acids is 1. The van der Waals surface area contributed by atoms with Gasteiger partial charge in [0.25, 0.3) is 0 Å². The summed E-state index contributed by atoms with van der Waals surface area (Å²) in [7, 11) is 5.74. The molecule has 0 radical (unpaired) electrons. The number of nitrogens with zero attached hydrogens (tertiary/aromatic N) is 4. The normalized spacial score (nSPS) is 16.2. The van der Waals surface area contributed by atoms with Crippen LogP contribution in [-0.4, -0.2) is 66.4 Å². The molecule has 2 N–H and O–H groups in total. The molecule has 0 spiro atoms. The molecule has 1 fully saturated rings. The van der Waals surface area contributed by atoms with Crippen molar-refractivity contribution in [1.29, 1.82) is 0 Å². The number of hydrogen-bond donors (Lipinski definition) is 2. The van der Waals surface area contributed by atoms with Crippen molar-refractivity contribution in [2.45, 2.75) is 12.6 Å². The van der Waals surface area contributed by atoms with Crippen LogP contribution in [0.15, 0.2) is 24.4 Å². The van der Waals surface area contributed by atoms with E-state index < -0.39 is 17.9 Å². The number of halogens is 6. The van der Waals surface area contributed by atoms with E-state index in [0.717, 1.165) is 11.2 Å². The maximum Gasteiger partial charge on any atom is 0.232 e. The zero-order chi connectivity index (χ0) is 24.1. The number of benzene rings is 2. The number of rotatable bonds is 7. The molecule has 2 aromatic heterocycles. The van der Waals surface area contributed by atoms with Gasteiger partial charge in [-0.05, 0) is 38.2 Å². The van der Waals surface area contributed by atoms with Crippen LogP contribution in [0.25, 0.3) is 32.2 Å². The van der Waals surface area contributed by atoms with E-state index in [4.69, 9.17) is 11.6 Å². The number of carbonyl (C=O) groups is 1. The second-order valence-corrected chi connectivity index (χ2v) is 10.2. The number of anilines is 2. The minimum absolute atomic E-state index is 0. The summed E-state index contributed by atoms with van der Waals surface area (Å²) >= 11 is 7.87. The van der Waals surface area contributed by atoms with Gasteiger partial charge in [0, 0.05) is 31.1 Å². The second-order valence-electron chi connectivity index (χ2n) is 8.78. The molecule has 2 atom stereocenters. The van der Waals surface area contributed by atoms with Crippen molar-refractivity contribution in [3.8, 4) is 11.1 Å². The fraction of sp³-hybridized carbons (Fsp3) is 0.348. The molecule has 0 unspecified atom stereocenters. The van der Waals surface area contributed by atoms with Crippen LogP contribution in [0, 0.1) is 11.7 Å². The number of aromatic nitrogens is 3. The van der Waals surface area contributed by atoms with Crippen LogP contribution in [0.2, 0.25) is 5.02 Å². The smallest absolute Gasteiger partial charge is 0.232 e. The molecular formula is C23H26Cl4F2N6OS. The van der Waals surface area contributed by atoms with Crippen molar-refractivity contribution >= 4 is 98.0 Å². The topological polar surface area (TPSA) is 77.2 Å². The summed E-state index contributed by atoms with van der Waals surface area (Å²) in [5.41, 5.74) is 2.86. The Balaban J connectivity index is 0.00000160. The molecule has 202 valence electrons. The van der Waals surface area contributed by atoms with E-state index in [9.17, 15) is 9.18 Å². The van der Waals surface area contributed by atoms with Crippen LogP contribution < -0.4 is 10.2 Å². The Bertz CT molecular complexity index is 1420. The van der Waals surface area contributed by atoms with E-state index in [1.54, 1.807) is 12.3 Å². The zero-order valence-electron chi connectivity index (χ0n) is 20.0. The van der Waals surface area contributed by atoms with Crippen LogP contribution in [0.4, 0.5) is 19.6 Å². The Morgan fingerprint density at radius 2 is 1.95 bits per heavy atom. The first-order valence-corrected chi connectivity index (χ1v) is 12.0. The van der Waals surface area contributed by atoms with E-state index >= 15 is 4.39 Å². The lowest BCUT2D eigenvalue weighted by molar-refractivity contribution is -0.117. The fourth-order valence-electron chi connectivity index (χ4n) is 3.97. The zero-order valence-corrected chi connectivity index (χ0v) is 24.1. The summed E-state index contributed by atoms with van der Waals surface area (Å²) in [5.74, 6) is -1.46. The number of nitrogens with one attached hydrogen (secondary N) is 2. The molecule has 0 aliphatic heterocycles. The molecule has 1 aliphatic rings. The highest BCUT2D eigenvalue weighted by molar-refractivity contribution is 7.22. The van der Waals surface area contributed by atoms with Gasteiger partial charge in [0.2, 0.25) is 5.91 Å². The number of thiazole rings is 1. The van der Waals surface area contributed by atoms with Gasteiger partial charge in [-0.3, -0.25) is 9.89 Å². The third kappa shape index (κ3) is 6.05. The van der Waals surface area contributed by atoms with Crippen molar-refractivity contribution in [2.75, 3.05) is 44.4 Å². The van der Waals surface area contributed by atoms with E-state index in [2.05, 4.69) is 20.5 Å². The van der Waals surface area contributed by atoms with Crippen molar-refractivity contribution in [1.82, 2.24) is 20.1 Å². The van der Waals surface area contributed by atoms with Crippen molar-refractivity contribution < 1.29 is 13.6 Å². The predicted octanol–water partition coefficient (Wildman–Crippen LogP) is 6.19. The number of aromatic amines is 1. The van der Waals surface area contributed by atoms with Gasteiger partial charge < -0.3 is 15.1 Å². The maximum atomic E-state index is 15.6. The largest absolute Gasteiger partial charge is 0.369 e. The summed E-state index contributed by atoms with van der Waals surface area (Å²) in [6, 6.07) is 5.47. The third-order valence-electron chi connectivity index (χ3n) is 5.99. The summed E-state index contributed by atoms with van der Waals surface area (Å²) in [6.45, 7) is 1.36. The first-order valence-electron chi connectivity index (χ1n) is 10.8. The number of likely N-dealkylation sites (N-methyl/N-ethyl adjacent to an activating group) is 2. The quantitative estimate of drug-likeness (QED) is 0.260. The first-order chi connectivity index (χ1) is 16.2. The Labute approximate surface area is 240 Å². The molecule has 2 heterocycles. The summed E-state index contributed by atoms with van der Waals surface area (Å²) in [6.07, 6.45) is 0.830. The lowest BCUT2D eigenvalue weighted by Gasteiger charge is -2.24. The second kappa shape index (κ2) is 12.3. The van der Waals surface area contributed by atoms with Gasteiger partial charge in [-0.15, -0.1) is 37.2 Å². The molecule has 1 amide bonds. The fourth-order valence-corrected chi connectivity index (χ4v) is 5.18. The van der Waals surface area contributed by atoms with Crippen molar-refractivity contribution in [3.05, 3.63) is 35.2 Å². The van der Waals surface area contributed by atoms with Gasteiger partial charge in [0.05, 0.1) is 32.9 Å². The maximum absolute atomic E-state index is 15.6. The molecule has 4 aromatic rings. The highest BCUT2D eigenvalue weighted by atomic mass is 35.5. The van der Waals surface area contributed by atoms with Gasteiger partial charge in [0.1, 0.15) is 11.9 Å². The molecule has 1 saturated carbocycles. The Morgan fingerprint density at radius 1 is 1.24 bits per heavy atom. The van der Waals surface area contributed by atoms with Gasteiger partial charge in [-0.25, -0.2) is 13.8 Å². The molecule has 1 aliphatic carbocycles. The van der Waals surface area contributed by atoms with Gasteiger partial charge >= 0.3 is 0 Å². The Morgan fingerprint density at radius 3 is 2.59 bits per heavy atom. The molecule has 37 heavy (non-hydrogen) atoms. The van der Waals surface area contributed by atoms with Crippen LogP contribution >= 0.6 is 60.2 Å². The minimum Gasteiger partial charge on any atom is -0.369 e. The van der Waals surface area contributed by atoms with Gasteiger partial charge in [-0.2, -0.15) is 5.10 Å². The average molecular weight is 614 g/mol. The number of fused-ring (bicyclic) bond motifs is 2.